The van der Waals surface area contributed by atoms with Gasteiger partial charge in [-0.2, -0.15) is 0 Å². The Morgan fingerprint density at radius 1 is 1.17 bits per heavy atom. The Hall–Kier alpha value is -0.200. The molecular formula is C13H30O5. The number of rotatable bonds is 7. The van der Waals surface area contributed by atoms with E-state index in [1.165, 1.54) is 13.8 Å². The molecule has 0 aromatic carbocycles. The van der Waals surface area contributed by atoms with Crippen LogP contribution in [0, 0.1) is 5.92 Å². The monoisotopic (exact) mass is 266 g/mol. The molecule has 0 aliphatic heterocycles. The maximum absolute atomic E-state index is 9.70. The number of aliphatic hydroxyl groups is 4. The molecule has 0 spiro atoms. The van der Waals surface area contributed by atoms with Gasteiger partial charge in [-0.25, -0.2) is 0 Å². The van der Waals surface area contributed by atoms with E-state index in [-0.39, 0.29) is 12.7 Å². The van der Waals surface area contributed by atoms with Crippen molar-refractivity contribution >= 4 is 0 Å². The van der Waals surface area contributed by atoms with E-state index in [2.05, 4.69) is 13.8 Å². The number of hydrogen-bond acceptors (Lipinski definition) is 5. The highest BCUT2D eigenvalue weighted by molar-refractivity contribution is 4.70. The predicted octanol–water partition coefficient (Wildman–Crippen LogP) is 0.888. The molecule has 0 heterocycles. The second-order valence-electron chi connectivity index (χ2n) is 5.33. The van der Waals surface area contributed by atoms with Gasteiger partial charge in [0.15, 0.2) is 5.79 Å². The van der Waals surface area contributed by atoms with E-state index >= 15 is 0 Å². The summed E-state index contributed by atoms with van der Waals surface area (Å²) in [5, 5.41) is 34.5. The molecule has 0 radical (unpaired) electrons. The van der Waals surface area contributed by atoms with E-state index in [4.69, 9.17) is 20.1 Å². The molecule has 0 saturated carbocycles. The summed E-state index contributed by atoms with van der Waals surface area (Å²) >= 11 is 0. The zero-order valence-corrected chi connectivity index (χ0v) is 12.3. The van der Waals surface area contributed by atoms with Gasteiger partial charge in [0.25, 0.3) is 0 Å². The quantitative estimate of drug-likeness (QED) is 0.514. The predicted molar refractivity (Wildman–Crippen MR) is 71.1 cm³/mol. The average molecular weight is 266 g/mol. The molecule has 0 aromatic heterocycles. The first-order valence-electron chi connectivity index (χ1n) is 6.38. The lowest BCUT2D eigenvalue weighted by Crippen LogP contribution is -2.29. The minimum absolute atomic E-state index is 0.130. The van der Waals surface area contributed by atoms with Crippen LogP contribution >= 0.6 is 0 Å². The molecule has 5 heteroatoms. The van der Waals surface area contributed by atoms with Crippen LogP contribution < -0.4 is 0 Å². The summed E-state index contributed by atoms with van der Waals surface area (Å²) < 4.78 is 5.15. The first kappa shape index (κ1) is 20.1. The van der Waals surface area contributed by atoms with Crippen molar-refractivity contribution in [3.05, 3.63) is 0 Å². The molecule has 18 heavy (non-hydrogen) atoms. The van der Waals surface area contributed by atoms with Gasteiger partial charge in [0, 0.05) is 13.7 Å². The molecule has 0 rings (SSSR count). The maximum atomic E-state index is 9.70. The first-order chi connectivity index (χ1) is 8.11. The summed E-state index contributed by atoms with van der Waals surface area (Å²) in [4.78, 5) is 0. The Morgan fingerprint density at radius 2 is 1.61 bits per heavy atom. The smallest absolute Gasteiger partial charge is 0.156 e. The Balaban J connectivity index is 0. The zero-order valence-electron chi connectivity index (χ0n) is 12.3. The highest BCUT2D eigenvalue weighted by atomic mass is 16.5. The van der Waals surface area contributed by atoms with Crippen LogP contribution in [0.3, 0.4) is 0 Å². The molecule has 0 bridgehead atoms. The van der Waals surface area contributed by atoms with Crippen molar-refractivity contribution in [2.24, 2.45) is 5.92 Å². The van der Waals surface area contributed by atoms with Gasteiger partial charge >= 0.3 is 0 Å². The molecule has 0 amide bonds. The van der Waals surface area contributed by atoms with Crippen LogP contribution in [0.25, 0.3) is 0 Å². The highest BCUT2D eigenvalue weighted by Crippen LogP contribution is 2.14. The summed E-state index contributed by atoms with van der Waals surface area (Å²) in [6, 6.07) is 0. The normalized spacial score (nSPS) is 15.0. The maximum Gasteiger partial charge on any atom is 0.156 e. The number of methoxy groups -OCH3 is 1. The van der Waals surface area contributed by atoms with Gasteiger partial charge in [-0.15, -0.1) is 0 Å². The first-order valence-corrected chi connectivity index (χ1v) is 6.38. The molecule has 112 valence electrons. The Labute approximate surface area is 110 Å². The SMILES string of the molecule is CC(C)(O)O.COC(CCCO)C(O)CC(C)C. The van der Waals surface area contributed by atoms with Gasteiger partial charge in [-0.1, -0.05) is 13.8 Å². The van der Waals surface area contributed by atoms with Crippen molar-refractivity contribution in [2.75, 3.05) is 13.7 Å². The van der Waals surface area contributed by atoms with E-state index in [1.54, 1.807) is 7.11 Å². The van der Waals surface area contributed by atoms with E-state index < -0.39 is 11.9 Å². The molecule has 0 aliphatic rings. The van der Waals surface area contributed by atoms with E-state index in [1.807, 2.05) is 0 Å². The fourth-order valence-corrected chi connectivity index (χ4v) is 1.39. The second kappa shape index (κ2) is 10.7. The molecule has 2 atom stereocenters. The van der Waals surface area contributed by atoms with Crippen LogP contribution in [0.4, 0.5) is 0 Å². The third-order valence-corrected chi connectivity index (χ3v) is 2.09. The van der Waals surface area contributed by atoms with Gasteiger partial charge < -0.3 is 25.2 Å². The lowest BCUT2D eigenvalue weighted by atomic mass is 9.99. The standard InChI is InChI=1S/C10H22O3.C3H8O2/c1-8(2)7-9(12)10(13-3)5-4-6-11;1-3(2,4)5/h8-12H,4-7H2,1-3H3;4-5H,1-2H3. The van der Waals surface area contributed by atoms with E-state index in [0.29, 0.717) is 12.3 Å². The van der Waals surface area contributed by atoms with E-state index in [0.717, 1.165) is 12.8 Å². The Morgan fingerprint density at radius 3 is 1.89 bits per heavy atom. The van der Waals surface area contributed by atoms with Gasteiger partial charge in [-0.3, -0.25) is 0 Å². The van der Waals surface area contributed by atoms with Gasteiger partial charge in [0.05, 0.1) is 12.2 Å². The largest absolute Gasteiger partial charge is 0.396 e. The number of hydrogen-bond donors (Lipinski definition) is 4. The lowest BCUT2D eigenvalue weighted by molar-refractivity contribution is -0.127. The summed E-state index contributed by atoms with van der Waals surface area (Å²) in [6.07, 6.45) is 1.63. The summed E-state index contributed by atoms with van der Waals surface area (Å²) in [6.45, 7) is 6.90. The van der Waals surface area contributed by atoms with Gasteiger partial charge in [-0.05, 0) is 39.0 Å². The van der Waals surface area contributed by atoms with Gasteiger partial charge in [0.1, 0.15) is 0 Å². The third-order valence-electron chi connectivity index (χ3n) is 2.09. The fraction of sp³-hybridized carbons (Fsp3) is 1.00. The zero-order chi connectivity index (χ0) is 14.8. The molecule has 2 unspecified atom stereocenters. The van der Waals surface area contributed by atoms with Crippen LogP contribution in [0.15, 0.2) is 0 Å². The van der Waals surface area contributed by atoms with Crippen molar-refractivity contribution in [3.63, 3.8) is 0 Å². The van der Waals surface area contributed by atoms with Gasteiger partial charge in [0.2, 0.25) is 0 Å². The molecule has 0 saturated heterocycles. The summed E-state index contributed by atoms with van der Waals surface area (Å²) in [5.74, 6) is -1.03. The molecule has 0 fully saturated rings. The van der Waals surface area contributed by atoms with Crippen molar-refractivity contribution in [3.8, 4) is 0 Å². The van der Waals surface area contributed by atoms with Crippen molar-refractivity contribution < 1.29 is 25.2 Å². The molecule has 0 aliphatic carbocycles. The van der Waals surface area contributed by atoms with Crippen LogP contribution in [0.1, 0.15) is 47.0 Å². The van der Waals surface area contributed by atoms with Crippen molar-refractivity contribution in [1.82, 2.24) is 0 Å². The number of ether oxygens (including phenoxy) is 1. The molecule has 4 N–H and O–H groups in total. The van der Waals surface area contributed by atoms with Crippen molar-refractivity contribution in [1.29, 1.82) is 0 Å². The fourth-order valence-electron chi connectivity index (χ4n) is 1.39. The number of aliphatic hydroxyl groups excluding tert-OH is 2. The Kier molecular flexibility index (Phi) is 12.0. The molecule has 0 aromatic rings. The average Bonchev–Trinajstić information content (AvgIpc) is 2.15. The second-order valence-corrected chi connectivity index (χ2v) is 5.33. The van der Waals surface area contributed by atoms with E-state index in [9.17, 15) is 5.11 Å². The minimum atomic E-state index is -1.50. The highest BCUT2D eigenvalue weighted by Gasteiger charge is 2.18. The summed E-state index contributed by atoms with van der Waals surface area (Å²) in [5.41, 5.74) is 0. The van der Waals surface area contributed by atoms with Crippen LogP contribution in [0.5, 0.6) is 0 Å². The molecular weight excluding hydrogens is 236 g/mol. The van der Waals surface area contributed by atoms with Crippen LogP contribution in [-0.4, -0.2) is 52.1 Å². The lowest BCUT2D eigenvalue weighted by Gasteiger charge is -2.22. The Bertz CT molecular complexity index is 171. The summed E-state index contributed by atoms with van der Waals surface area (Å²) in [7, 11) is 1.60. The molecule has 5 nitrogen and oxygen atoms in total. The van der Waals surface area contributed by atoms with Crippen molar-refractivity contribution in [2.45, 2.75) is 65.0 Å². The van der Waals surface area contributed by atoms with Crippen LogP contribution in [-0.2, 0) is 4.74 Å². The minimum Gasteiger partial charge on any atom is -0.396 e. The third kappa shape index (κ3) is 18.2. The topological polar surface area (TPSA) is 90.2 Å². The van der Waals surface area contributed by atoms with Crippen LogP contribution in [0.2, 0.25) is 0 Å².